The second kappa shape index (κ2) is 3.67. The molecule has 3 heterocycles. The van der Waals surface area contributed by atoms with Crippen LogP contribution in [0.5, 0.6) is 0 Å². The van der Waals surface area contributed by atoms with Crippen molar-refractivity contribution in [2.24, 2.45) is 11.7 Å². The van der Waals surface area contributed by atoms with Crippen molar-refractivity contribution < 1.29 is 0 Å². The highest BCUT2D eigenvalue weighted by Gasteiger charge is 2.23. The van der Waals surface area contributed by atoms with E-state index in [0.717, 1.165) is 36.7 Å². The molecule has 1 aliphatic rings. The number of H-pyrrole nitrogens is 1. The van der Waals surface area contributed by atoms with Crippen LogP contribution in [0.1, 0.15) is 12.2 Å². The van der Waals surface area contributed by atoms with E-state index in [-0.39, 0.29) is 0 Å². The number of nitrogens with one attached hydrogen (secondary N) is 1. The Morgan fingerprint density at radius 3 is 3.19 bits per heavy atom. The molecule has 0 radical (unpaired) electrons. The van der Waals surface area contributed by atoms with Gasteiger partial charge in [0.15, 0.2) is 5.82 Å². The lowest BCUT2D eigenvalue weighted by molar-refractivity contribution is 0.375. The molecule has 3 rings (SSSR count). The number of fused-ring (bicyclic) bond motifs is 1. The monoisotopic (exact) mass is 219 g/mol. The van der Waals surface area contributed by atoms with Gasteiger partial charge in [0.05, 0.1) is 6.20 Å². The number of hydrogen-bond donors (Lipinski definition) is 2. The Balaban J connectivity index is 2.00. The first-order valence-electron chi connectivity index (χ1n) is 5.36. The first-order chi connectivity index (χ1) is 7.88. The molecule has 0 fully saturated rings. The van der Waals surface area contributed by atoms with Gasteiger partial charge in [-0.1, -0.05) is 0 Å². The Morgan fingerprint density at radius 2 is 2.44 bits per heavy atom. The lowest BCUT2D eigenvalue weighted by atomic mass is 9.99. The summed E-state index contributed by atoms with van der Waals surface area (Å²) in [5.41, 5.74) is 6.44. The van der Waals surface area contributed by atoms with Crippen LogP contribution >= 0.6 is 0 Å². The third kappa shape index (κ3) is 1.40. The van der Waals surface area contributed by atoms with Crippen molar-refractivity contribution in [3.63, 3.8) is 0 Å². The van der Waals surface area contributed by atoms with Crippen molar-refractivity contribution >= 4 is 0 Å². The summed E-state index contributed by atoms with van der Waals surface area (Å²) in [4.78, 5) is 0. The number of aromatic amines is 1. The van der Waals surface area contributed by atoms with E-state index in [2.05, 4.69) is 30.2 Å². The summed E-state index contributed by atoms with van der Waals surface area (Å²) >= 11 is 0. The normalized spacial score (nSPS) is 19.7. The lowest BCUT2D eigenvalue weighted by Gasteiger charge is -2.22. The van der Waals surface area contributed by atoms with Crippen molar-refractivity contribution in [2.45, 2.75) is 19.4 Å². The van der Waals surface area contributed by atoms with E-state index in [9.17, 15) is 0 Å². The van der Waals surface area contributed by atoms with Gasteiger partial charge in [0.25, 0.3) is 0 Å². The molecule has 84 valence electrons. The van der Waals surface area contributed by atoms with E-state index >= 15 is 0 Å². The quantitative estimate of drug-likeness (QED) is 0.715. The third-order valence-electron chi connectivity index (χ3n) is 3.02. The van der Waals surface area contributed by atoms with Crippen LogP contribution in [0, 0.1) is 5.92 Å². The van der Waals surface area contributed by atoms with E-state index in [0.29, 0.717) is 12.5 Å². The second-order valence-electron chi connectivity index (χ2n) is 4.05. The molecule has 7 nitrogen and oxygen atoms in total. The Morgan fingerprint density at radius 1 is 1.50 bits per heavy atom. The van der Waals surface area contributed by atoms with Crippen LogP contribution in [0.4, 0.5) is 0 Å². The summed E-state index contributed by atoms with van der Waals surface area (Å²) < 4.78 is 2.10. The Labute approximate surface area is 92.1 Å². The summed E-state index contributed by atoms with van der Waals surface area (Å²) in [5, 5.41) is 18.7. The van der Waals surface area contributed by atoms with Gasteiger partial charge in [-0.15, -0.1) is 10.2 Å². The molecule has 1 unspecified atom stereocenters. The molecular weight excluding hydrogens is 206 g/mol. The predicted molar refractivity (Wildman–Crippen MR) is 56.3 cm³/mol. The maximum Gasteiger partial charge on any atom is 0.186 e. The molecule has 0 aliphatic carbocycles. The van der Waals surface area contributed by atoms with E-state index in [1.54, 1.807) is 6.20 Å². The smallest absolute Gasteiger partial charge is 0.186 e. The fourth-order valence-corrected chi connectivity index (χ4v) is 2.09. The SMILES string of the molecule is NCC1CCc2nnc(-c3cn[nH]n3)n2C1. The Hall–Kier alpha value is -1.76. The van der Waals surface area contributed by atoms with Gasteiger partial charge in [0, 0.05) is 13.0 Å². The van der Waals surface area contributed by atoms with Gasteiger partial charge in [0.1, 0.15) is 11.5 Å². The molecule has 0 bridgehead atoms. The maximum absolute atomic E-state index is 5.71. The fraction of sp³-hybridized carbons (Fsp3) is 0.556. The summed E-state index contributed by atoms with van der Waals surface area (Å²) in [5.74, 6) is 2.30. The minimum absolute atomic E-state index is 0.508. The van der Waals surface area contributed by atoms with Crippen LogP contribution in [-0.4, -0.2) is 36.7 Å². The molecule has 16 heavy (non-hydrogen) atoms. The molecule has 2 aromatic heterocycles. The molecule has 0 saturated heterocycles. The molecule has 0 saturated carbocycles. The molecule has 2 aromatic rings. The highest BCUT2D eigenvalue weighted by Crippen LogP contribution is 2.23. The maximum atomic E-state index is 5.71. The fourth-order valence-electron chi connectivity index (χ4n) is 2.09. The largest absolute Gasteiger partial charge is 0.330 e. The molecule has 0 aromatic carbocycles. The van der Waals surface area contributed by atoms with Crippen LogP contribution in [0.25, 0.3) is 11.5 Å². The minimum atomic E-state index is 0.508. The van der Waals surface area contributed by atoms with Gasteiger partial charge < -0.3 is 10.3 Å². The Bertz CT molecular complexity index is 472. The summed E-state index contributed by atoms with van der Waals surface area (Å²) in [6.07, 6.45) is 3.68. The first kappa shape index (κ1) is 9.46. The molecule has 7 heteroatoms. The number of nitrogens with zero attached hydrogens (tertiary/aromatic N) is 5. The number of hydrogen-bond acceptors (Lipinski definition) is 5. The summed E-state index contributed by atoms with van der Waals surface area (Å²) in [6.45, 7) is 1.58. The zero-order valence-electron chi connectivity index (χ0n) is 8.80. The molecule has 3 N–H and O–H groups in total. The van der Waals surface area contributed by atoms with Crippen molar-refractivity contribution in [1.29, 1.82) is 0 Å². The van der Waals surface area contributed by atoms with Crippen molar-refractivity contribution in [2.75, 3.05) is 6.54 Å². The standard InChI is InChI=1S/C9H13N7/c10-3-6-1-2-8-13-14-9(16(8)5-6)7-4-11-15-12-7/h4,6H,1-3,5,10H2,(H,11,12,15). The van der Waals surface area contributed by atoms with E-state index in [1.165, 1.54) is 0 Å². The number of rotatable bonds is 2. The predicted octanol–water partition coefficient (Wildman–Crippen LogP) is -0.416. The summed E-state index contributed by atoms with van der Waals surface area (Å²) in [7, 11) is 0. The zero-order chi connectivity index (χ0) is 11.0. The van der Waals surface area contributed by atoms with Crippen LogP contribution in [0.3, 0.4) is 0 Å². The van der Waals surface area contributed by atoms with Crippen molar-refractivity contribution in [1.82, 2.24) is 30.2 Å². The summed E-state index contributed by atoms with van der Waals surface area (Å²) in [6, 6.07) is 0. The van der Waals surface area contributed by atoms with Crippen LogP contribution in [-0.2, 0) is 13.0 Å². The minimum Gasteiger partial charge on any atom is -0.330 e. The Kier molecular flexibility index (Phi) is 2.17. The average molecular weight is 219 g/mol. The van der Waals surface area contributed by atoms with E-state index < -0.39 is 0 Å². The van der Waals surface area contributed by atoms with Crippen LogP contribution in [0.2, 0.25) is 0 Å². The third-order valence-corrected chi connectivity index (χ3v) is 3.02. The average Bonchev–Trinajstić information content (AvgIpc) is 2.96. The number of aryl methyl sites for hydroxylation is 1. The zero-order valence-corrected chi connectivity index (χ0v) is 8.80. The van der Waals surface area contributed by atoms with Gasteiger partial charge >= 0.3 is 0 Å². The highest BCUT2D eigenvalue weighted by molar-refractivity contribution is 5.47. The van der Waals surface area contributed by atoms with E-state index in [1.807, 2.05) is 0 Å². The van der Waals surface area contributed by atoms with Crippen molar-refractivity contribution in [3.8, 4) is 11.5 Å². The van der Waals surface area contributed by atoms with E-state index in [4.69, 9.17) is 5.73 Å². The van der Waals surface area contributed by atoms with Gasteiger partial charge in [-0.05, 0) is 18.9 Å². The lowest BCUT2D eigenvalue weighted by Crippen LogP contribution is -2.26. The number of aromatic nitrogens is 6. The van der Waals surface area contributed by atoms with Gasteiger partial charge in [-0.25, -0.2) is 0 Å². The molecule has 0 spiro atoms. The van der Waals surface area contributed by atoms with Gasteiger partial charge in [0.2, 0.25) is 0 Å². The molecule has 1 aliphatic heterocycles. The van der Waals surface area contributed by atoms with Gasteiger partial charge in [-0.3, -0.25) is 0 Å². The highest BCUT2D eigenvalue weighted by atomic mass is 15.4. The molecular formula is C9H13N7. The number of nitrogens with two attached hydrogens (primary N) is 1. The first-order valence-corrected chi connectivity index (χ1v) is 5.36. The molecule has 1 atom stereocenters. The van der Waals surface area contributed by atoms with Crippen LogP contribution in [0.15, 0.2) is 6.20 Å². The topological polar surface area (TPSA) is 98.3 Å². The second-order valence-corrected chi connectivity index (χ2v) is 4.05. The molecule has 0 amide bonds. The van der Waals surface area contributed by atoms with Crippen molar-refractivity contribution in [3.05, 3.63) is 12.0 Å². The van der Waals surface area contributed by atoms with Gasteiger partial charge in [-0.2, -0.15) is 15.4 Å². The van der Waals surface area contributed by atoms with Crippen LogP contribution < -0.4 is 5.73 Å².